The summed E-state index contributed by atoms with van der Waals surface area (Å²) in [6.45, 7) is 6.95. The van der Waals surface area contributed by atoms with Crippen LogP contribution in [0.2, 0.25) is 0 Å². The molecule has 2 aromatic heterocycles. The van der Waals surface area contributed by atoms with Crippen LogP contribution in [-0.4, -0.2) is 21.5 Å². The number of aromatic nitrogens is 3. The Bertz CT molecular complexity index is 541. The predicted molar refractivity (Wildman–Crippen MR) is 82.7 cm³/mol. The smallest absolute Gasteiger partial charge is 0.224 e. The highest BCUT2D eigenvalue weighted by molar-refractivity contribution is 9.10. The fourth-order valence-electron chi connectivity index (χ4n) is 1.58. The Hall–Kier alpha value is -1.21. The fourth-order valence-corrected chi connectivity index (χ4v) is 2.59. The summed E-state index contributed by atoms with van der Waals surface area (Å²) < 4.78 is 0.832. The van der Waals surface area contributed by atoms with Crippen molar-refractivity contribution in [1.82, 2.24) is 15.0 Å². The highest BCUT2D eigenvalue weighted by Gasteiger charge is 2.24. The Morgan fingerprint density at radius 3 is 2.79 bits per heavy atom. The summed E-state index contributed by atoms with van der Waals surface area (Å²) in [6.07, 6.45) is 3.55. The number of anilines is 2. The molecule has 0 radical (unpaired) electrons. The minimum absolute atomic E-state index is 0.283. The first-order chi connectivity index (χ1) is 9.03. The van der Waals surface area contributed by atoms with Crippen LogP contribution < -0.4 is 10.6 Å². The molecule has 0 aromatic carbocycles. The van der Waals surface area contributed by atoms with E-state index in [1.807, 2.05) is 18.5 Å². The number of hydrogen-bond acceptors (Lipinski definition) is 6. The Balaban J connectivity index is 2.25. The summed E-state index contributed by atoms with van der Waals surface area (Å²) in [5.74, 6) is 1.37. The van der Waals surface area contributed by atoms with Gasteiger partial charge in [-0.3, -0.25) is 0 Å². The molecule has 0 spiro atoms. The zero-order chi connectivity index (χ0) is 13.9. The summed E-state index contributed by atoms with van der Waals surface area (Å²) >= 11 is 5.09. The van der Waals surface area contributed by atoms with Gasteiger partial charge in [0, 0.05) is 24.3 Å². The van der Waals surface area contributed by atoms with Crippen molar-refractivity contribution < 1.29 is 0 Å². The van der Waals surface area contributed by atoms with Gasteiger partial charge in [-0.05, 0) is 36.7 Å². The van der Waals surface area contributed by atoms with E-state index >= 15 is 0 Å². The maximum Gasteiger partial charge on any atom is 0.224 e. The summed E-state index contributed by atoms with van der Waals surface area (Å²) in [5, 5.41) is 9.48. The van der Waals surface area contributed by atoms with Crippen LogP contribution >= 0.6 is 27.3 Å². The van der Waals surface area contributed by atoms with Crippen molar-refractivity contribution in [3.8, 4) is 0 Å². The van der Waals surface area contributed by atoms with Gasteiger partial charge in [-0.25, -0.2) is 9.97 Å². The number of nitrogens with zero attached hydrogens (tertiary/aromatic N) is 3. The maximum absolute atomic E-state index is 4.45. The standard InChI is InChI=1S/C12H16BrN5S/c1-4-14-11-16-7-8(13)9(17-11)18-12(2,3)10-15-5-6-19-10/h5-7H,4H2,1-3H3,(H2,14,16,17,18). The molecule has 0 fully saturated rings. The Labute approximate surface area is 125 Å². The second kappa shape index (κ2) is 5.83. The lowest BCUT2D eigenvalue weighted by Crippen LogP contribution is -2.28. The van der Waals surface area contributed by atoms with Crippen LogP contribution in [0.4, 0.5) is 11.8 Å². The van der Waals surface area contributed by atoms with Gasteiger partial charge in [0.1, 0.15) is 10.8 Å². The van der Waals surface area contributed by atoms with Gasteiger partial charge in [0.05, 0.1) is 10.0 Å². The molecule has 0 amide bonds. The Morgan fingerprint density at radius 2 is 2.16 bits per heavy atom. The maximum atomic E-state index is 4.45. The van der Waals surface area contributed by atoms with Crippen LogP contribution in [0.25, 0.3) is 0 Å². The Kier molecular flexibility index (Phi) is 4.36. The summed E-state index contributed by atoms with van der Waals surface area (Å²) in [6, 6.07) is 0. The van der Waals surface area contributed by atoms with Crippen molar-refractivity contribution in [2.45, 2.75) is 26.3 Å². The van der Waals surface area contributed by atoms with Crippen LogP contribution in [0.5, 0.6) is 0 Å². The first-order valence-corrected chi connectivity index (χ1v) is 7.64. The van der Waals surface area contributed by atoms with Gasteiger partial charge in [-0.2, -0.15) is 4.98 Å². The molecule has 7 heteroatoms. The lowest BCUT2D eigenvalue weighted by molar-refractivity contribution is 0.600. The molecular weight excluding hydrogens is 326 g/mol. The third kappa shape index (κ3) is 3.42. The zero-order valence-electron chi connectivity index (χ0n) is 11.1. The molecule has 19 heavy (non-hydrogen) atoms. The molecule has 2 heterocycles. The van der Waals surface area contributed by atoms with Crippen molar-refractivity contribution in [3.63, 3.8) is 0 Å². The zero-order valence-corrected chi connectivity index (χ0v) is 13.5. The molecule has 0 aliphatic carbocycles. The number of nitrogens with one attached hydrogen (secondary N) is 2. The lowest BCUT2D eigenvalue weighted by atomic mass is 10.1. The van der Waals surface area contributed by atoms with Crippen LogP contribution in [0.3, 0.4) is 0 Å². The fraction of sp³-hybridized carbons (Fsp3) is 0.417. The second-order valence-corrected chi connectivity index (χ2v) is 6.26. The van der Waals surface area contributed by atoms with E-state index in [2.05, 4.69) is 55.4 Å². The average Bonchev–Trinajstić information content (AvgIpc) is 2.88. The molecule has 0 aliphatic heterocycles. The van der Waals surface area contributed by atoms with E-state index in [0.29, 0.717) is 5.95 Å². The van der Waals surface area contributed by atoms with E-state index in [0.717, 1.165) is 21.8 Å². The van der Waals surface area contributed by atoms with Gasteiger partial charge in [-0.1, -0.05) is 0 Å². The quantitative estimate of drug-likeness (QED) is 0.871. The SMILES string of the molecule is CCNc1ncc(Br)c(NC(C)(C)c2nccs2)n1. The molecule has 0 unspecified atom stereocenters. The van der Waals surface area contributed by atoms with Crippen molar-refractivity contribution >= 4 is 39.0 Å². The van der Waals surface area contributed by atoms with Gasteiger partial charge in [0.15, 0.2) is 0 Å². The largest absolute Gasteiger partial charge is 0.358 e. The first kappa shape index (κ1) is 14.2. The van der Waals surface area contributed by atoms with E-state index in [-0.39, 0.29) is 5.54 Å². The third-order valence-corrected chi connectivity index (χ3v) is 4.15. The monoisotopic (exact) mass is 341 g/mol. The van der Waals surface area contributed by atoms with Crippen LogP contribution in [0, 0.1) is 0 Å². The number of halogens is 1. The molecule has 0 saturated heterocycles. The average molecular weight is 342 g/mol. The molecule has 0 atom stereocenters. The molecule has 0 saturated carbocycles. The van der Waals surface area contributed by atoms with E-state index in [1.165, 1.54) is 0 Å². The van der Waals surface area contributed by atoms with Gasteiger partial charge >= 0.3 is 0 Å². The first-order valence-electron chi connectivity index (χ1n) is 5.97. The molecule has 0 aliphatic rings. The minimum Gasteiger partial charge on any atom is -0.358 e. The number of rotatable bonds is 5. The lowest BCUT2D eigenvalue weighted by Gasteiger charge is -2.25. The molecule has 0 bridgehead atoms. The van der Waals surface area contributed by atoms with Crippen LogP contribution in [0.1, 0.15) is 25.8 Å². The molecule has 2 aromatic rings. The summed E-state index contributed by atoms with van der Waals surface area (Å²) in [7, 11) is 0. The predicted octanol–water partition coefficient (Wildman–Crippen LogP) is 3.47. The topological polar surface area (TPSA) is 62.7 Å². The van der Waals surface area contributed by atoms with Crippen LogP contribution in [0.15, 0.2) is 22.2 Å². The summed E-state index contributed by atoms with van der Waals surface area (Å²) in [4.78, 5) is 13.0. The number of hydrogen-bond donors (Lipinski definition) is 2. The highest BCUT2D eigenvalue weighted by Crippen LogP contribution is 2.30. The second-order valence-electron chi connectivity index (χ2n) is 4.51. The van der Waals surface area contributed by atoms with E-state index < -0.39 is 0 Å². The highest BCUT2D eigenvalue weighted by atomic mass is 79.9. The Morgan fingerprint density at radius 1 is 1.37 bits per heavy atom. The van der Waals surface area contributed by atoms with Gasteiger partial charge in [-0.15, -0.1) is 11.3 Å². The van der Waals surface area contributed by atoms with Crippen molar-refractivity contribution in [1.29, 1.82) is 0 Å². The van der Waals surface area contributed by atoms with Crippen molar-refractivity contribution in [2.24, 2.45) is 0 Å². The third-order valence-electron chi connectivity index (χ3n) is 2.48. The normalized spacial score (nSPS) is 11.4. The van der Waals surface area contributed by atoms with Gasteiger partial charge < -0.3 is 10.6 Å². The van der Waals surface area contributed by atoms with E-state index in [9.17, 15) is 0 Å². The van der Waals surface area contributed by atoms with Gasteiger partial charge in [0.2, 0.25) is 5.95 Å². The number of thiazole rings is 1. The minimum atomic E-state index is -0.283. The molecule has 102 valence electrons. The molecular formula is C12H16BrN5S. The van der Waals surface area contributed by atoms with E-state index in [1.54, 1.807) is 17.5 Å². The van der Waals surface area contributed by atoms with E-state index in [4.69, 9.17) is 0 Å². The van der Waals surface area contributed by atoms with Crippen molar-refractivity contribution in [3.05, 3.63) is 27.3 Å². The molecule has 5 nitrogen and oxygen atoms in total. The van der Waals surface area contributed by atoms with Crippen molar-refractivity contribution in [2.75, 3.05) is 17.2 Å². The van der Waals surface area contributed by atoms with Gasteiger partial charge in [0.25, 0.3) is 0 Å². The van der Waals surface area contributed by atoms with Crippen LogP contribution in [-0.2, 0) is 5.54 Å². The molecule has 2 rings (SSSR count). The summed E-state index contributed by atoms with van der Waals surface area (Å²) in [5.41, 5.74) is -0.283. The molecule has 2 N–H and O–H groups in total.